The standard InChI is InChI=1S/C18H14N2OS/c21-17-15(13-7-3-1-4-8-13)16(14-9-5-2-6-10-14)20-11-12-22-18(20)19-17/h1-12,15-16H. The highest BCUT2D eigenvalue weighted by molar-refractivity contribution is 8.16. The third kappa shape index (κ3) is 2.16. The van der Waals surface area contributed by atoms with Gasteiger partial charge in [-0.2, -0.15) is 4.99 Å². The Hall–Kier alpha value is -2.33. The predicted molar refractivity (Wildman–Crippen MR) is 89.4 cm³/mol. The molecule has 0 radical (unpaired) electrons. The average molecular weight is 306 g/mol. The van der Waals surface area contributed by atoms with Crippen LogP contribution in [0.1, 0.15) is 23.1 Å². The van der Waals surface area contributed by atoms with Crippen molar-refractivity contribution in [2.45, 2.75) is 12.0 Å². The predicted octanol–water partition coefficient (Wildman–Crippen LogP) is 3.93. The minimum absolute atomic E-state index is 0.0464. The Balaban J connectivity index is 1.87. The number of fused-ring (bicyclic) bond motifs is 1. The van der Waals surface area contributed by atoms with E-state index in [1.165, 1.54) is 11.8 Å². The lowest BCUT2D eigenvalue weighted by molar-refractivity contribution is -0.121. The second-order valence-corrected chi connectivity index (χ2v) is 6.16. The molecule has 2 aromatic rings. The highest BCUT2D eigenvalue weighted by Gasteiger charge is 2.41. The summed E-state index contributed by atoms with van der Waals surface area (Å²) in [4.78, 5) is 19.1. The summed E-state index contributed by atoms with van der Waals surface area (Å²) in [6, 6.07) is 20.1. The minimum atomic E-state index is -0.282. The fourth-order valence-corrected chi connectivity index (χ4v) is 3.78. The first-order valence-corrected chi connectivity index (χ1v) is 8.06. The molecule has 1 amide bonds. The molecule has 4 rings (SSSR count). The number of hydrogen-bond acceptors (Lipinski definition) is 3. The van der Waals surface area contributed by atoms with Crippen molar-refractivity contribution in [2.24, 2.45) is 4.99 Å². The number of carbonyl (C=O) groups excluding carboxylic acids is 1. The third-order valence-electron chi connectivity index (χ3n) is 4.00. The van der Waals surface area contributed by atoms with E-state index >= 15 is 0 Å². The molecular formula is C18H14N2OS. The summed E-state index contributed by atoms with van der Waals surface area (Å²) >= 11 is 1.50. The second kappa shape index (κ2) is 5.46. The van der Waals surface area contributed by atoms with Gasteiger partial charge in [0.1, 0.15) is 0 Å². The van der Waals surface area contributed by atoms with Crippen LogP contribution in [0.3, 0.4) is 0 Å². The SMILES string of the molecule is O=C1N=C2SC=CN2C(c2ccccc2)C1c1ccccc1. The second-order valence-electron chi connectivity index (χ2n) is 5.29. The Morgan fingerprint density at radius 3 is 2.23 bits per heavy atom. The van der Waals surface area contributed by atoms with E-state index in [-0.39, 0.29) is 17.9 Å². The molecule has 2 aromatic carbocycles. The Bertz CT molecular complexity index is 755. The molecule has 3 nitrogen and oxygen atoms in total. The first kappa shape index (κ1) is 13.3. The number of amides is 1. The van der Waals surface area contributed by atoms with Gasteiger partial charge in [-0.3, -0.25) is 4.79 Å². The molecule has 0 aromatic heterocycles. The summed E-state index contributed by atoms with van der Waals surface area (Å²) in [5, 5.41) is 2.75. The van der Waals surface area contributed by atoms with Gasteiger partial charge in [0.05, 0.1) is 12.0 Å². The summed E-state index contributed by atoms with van der Waals surface area (Å²) < 4.78 is 0. The third-order valence-corrected chi connectivity index (χ3v) is 4.77. The zero-order valence-electron chi connectivity index (χ0n) is 11.8. The van der Waals surface area contributed by atoms with Crippen molar-refractivity contribution in [3.05, 3.63) is 83.4 Å². The normalized spacial score (nSPS) is 23.4. The van der Waals surface area contributed by atoms with Gasteiger partial charge in [0.2, 0.25) is 0 Å². The van der Waals surface area contributed by atoms with Crippen LogP contribution >= 0.6 is 11.8 Å². The van der Waals surface area contributed by atoms with Crippen molar-refractivity contribution in [3.8, 4) is 0 Å². The maximum absolute atomic E-state index is 12.7. The van der Waals surface area contributed by atoms with E-state index in [2.05, 4.69) is 22.0 Å². The van der Waals surface area contributed by atoms with E-state index in [0.29, 0.717) is 0 Å². The molecule has 22 heavy (non-hydrogen) atoms. The van der Waals surface area contributed by atoms with Gasteiger partial charge in [-0.15, -0.1) is 0 Å². The monoisotopic (exact) mass is 306 g/mol. The molecule has 0 bridgehead atoms. The molecule has 0 fully saturated rings. The molecule has 2 aliphatic rings. The van der Waals surface area contributed by atoms with Crippen molar-refractivity contribution in [1.82, 2.24) is 4.90 Å². The maximum Gasteiger partial charge on any atom is 0.258 e. The number of thioether (sulfide) groups is 1. The Morgan fingerprint density at radius 1 is 0.909 bits per heavy atom. The van der Waals surface area contributed by atoms with E-state index in [1.807, 2.05) is 60.1 Å². The molecular weight excluding hydrogens is 292 g/mol. The summed E-state index contributed by atoms with van der Waals surface area (Å²) in [5.74, 6) is -0.349. The smallest absolute Gasteiger partial charge is 0.258 e. The fraction of sp³-hybridized carbons (Fsp3) is 0.111. The molecule has 4 heteroatoms. The lowest BCUT2D eigenvalue weighted by Crippen LogP contribution is -2.38. The quantitative estimate of drug-likeness (QED) is 0.843. The van der Waals surface area contributed by atoms with Crippen LogP contribution in [0, 0.1) is 0 Å². The molecule has 0 spiro atoms. The molecule has 0 saturated carbocycles. The van der Waals surface area contributed by atoms with Crippen LogP contribution in [0.25, 0.3) is 0 Å². The van der Waals surface area contributed by atoms with Gasteiger partial charge < -0.3 is 4.90 Å². The van der Waals surface area contributed by atoms with Crippen LogP contribution in [-0.4, -0.2) is 16.0 Å². The number of carbonyl (C=O) groups is 1. The van der Waals surface area contributed by atoms with Crippen molar-refractivity contribution in [2.75, 3.05) is 0 Å². The summed E-state index contributed by atoms with van der Waals surface area (Å²) in [6.07, 6.45) is 2.02. The summed E-state index contributed by atoms with van der Waals surface area (Å²) in [5.41, 5.74) is 2.14. The number of amidine groups is 1. The van der Waals surface area contributed by atoms with E-state index in [9.17, 15) is 4.79 Å². The molecule has 2 atom stereocenters. The van der Waals surface area contributed by atoms with Gasteiger partial charge in [-0.05, 0) is 16.5 Å². The number of benzene rings is 2. The van der Waals surface area contributed by atoms with Crippen molar-refractivity contribution < 1.29 is 4.79 Å². The molecule has 0 saturated heterocycles. The highest BCUT2D eigenvalue weighted by atomic mass is 32.2. The van der Waals surface area contributed by atoms with Gasteiger partial charge in [-0.25, -0.2) is 0 Å². The highest BCUT2D eigenvalue weighted by Crippen LogP contribution is 2.43. The molecule has 108 valence electrons. The van der Waals surface area contributed by atoms with E-state index in [1.54, 1.807) is 0 Å². The van der Waals surface area contributed by atoms with Gasteiger partial charge in [-0.1, -0.05) is 72.4 Å². The summed E-state index contributed by atoms with van der Waals surface area (Å²) in [7, 11) is 0. The Morgan fingerprint density at radius 2 is 1.55 bits per heavy atom. The number of nitrogens with zero attached hydrogens (tertiary/aromatic N) is 2. The largest absolute Gasteiger partial charge is 0.318 e. The van der Waals surface area contributed by atoms with E-state index in [0.717, 1.165) is 16.3 Å². The van der Waals surface area contributed by atoms with Gasteiger partial charge in [0.15, 0.2) is 5.17 Å². The van der Waals surface area contributed by atoms with Crippen molar-refractivity contribution in [1.29, 1.82) is 0 Å². The van der Waals surface area contributed by atoms with Crippen LogP contribution < -0.4 is 0 Å². The number of rotatable bonds is 2. The topological polar surface area (TPSA) is 32.7 Å². The lowest BCUT2D eigenvalue weighted by Gasteiger charge is -2.36. The maximum atomic E-state index is 12.7. The van der Waals surface area contributed by atoms with Crippen LogP contribution in [0.4, 0.5) is 0 Å². The first-order valence-electron chi connectivity index (χ1n) is 7.19. The van der Waals surface area contributed by atoms with Gasteiger partial charge in [0.25, 0.3) is 5.91 Å². The average Bonchev–Trinajstić information content (AvgIpc) is 3.03. The lowest BCUT2D eigenvalue weighted by atomic mass is 9.85. The van der Waals surface area contributed by atoms with Gasteiger partial charge in [0, 0.05) is 6.20 Å². The number of hydrogen-bond donors (Lipinski definition) is 0. The molecule has 2 aliphatic heterocycles. The minimum Gasteiger partial charge on any atom is -0.318 e. The van der Waals surface area contributed by atoms with Gasteiger partial charge >= 0.3 is 0 Å². The molecule has 0 N–H and O–H groups in total. The molecule has 0 aliphatic carbocycles. The van der Waals surface area contributed by atoms with Crippen LogP contribution in [0.5, 0.6) is 0 Å². The number of aliphatic imine (C=N–C) groups is 1. The Kier molecular flexibility index (Phi) is 3.31. The first-order chi connectivity index (χ1) is 10.8. The van der Waals surface area contributed by atoms with Crippen molar-refractivity contribution >= 4 is 22.8 Å². The molecule has 2 unspecified atom stereocenters. The van der Waals surface area contributed by atoms with Crippen molar-refractivity contribution in [3.63, 3.8) is 0 Å². The van der Waals surface area contributed by atoms with Crippen LogP contribution in [0.15, 0.2) is 77.3 Å². The van der Waals surface area contributed by atoms with E-state index < -0.39 is 0 Å². The van der Waals surface area contributed by atoms with Crippen LogP contribution in [0.2, 0.25) is 0 Å². The Labute approximate surface area is 133 Å². The molecule has 2 heterocycles. The zero-order chi connectivity index (χ0) is 14.9. The zero-order valence-corrected chi connectivity index (χ0v) is 12.6. The van der Waals surface area contributed by atoms with Crippen LogP contribution in [-0.2, 0) is 4.79 Å². The fourth-order valence-electron chi connectivity index (χ4n) is 3.03. The van der Waals surface area contributed by atoms with E-state index in [4.69, 9.17) is 0 Å². The summed E-state index contributed by atoms with van der Waals surface area (Å²) in [6.45, 7) is 0.